The lowest BCUT2D eigenvalue weighted by Crippen LogP contribution is -2.41. The lowest BCUT2D eigenvalue weighted by Gasteiger charge is -2.22. The van der Waals surface area contributed by atoms with Gasteiger partial charge in [-0.3, -0.25) is 9.59 Å². The Bertz CT molecular complexity index is 506. The number of carbonyl (C=O) groups excluding carboxylic acids is 2. The maximum absolute atomic E-state index is 12.2. The van der Waals surface area contributed by atoms with E-state index in [1.54, 1.807) is 52.1 Å². The summed E-state index contributed by atoms with van der Waals surface area (Å²) in [5, 5.41) is 14.5. The second kappa shape index (κ2) is 7.91. The van der Waals surface area contributed by atoms with Gasteiger partial charge >= 0.3 is 5.97 Å². The van der Waals surface area contributed by atoms with Crippen molar-refractivity contribution in [3.05, 3.63) is 29.8 Å². The van der Waals surface area contributed by atoms with Gasteiger partial charge < -0.3 is 20.5 Å². The van der Waals surface area contributed by atoms with Crippen LogP contribution in [0, 0.1) is 0 Å². The van der Waals surface area contributed by atoms with Crippen molar-refractivity contribution in [1.29, 1.82) is 0 Å². The zero-order chi connectivity index (χ0) is 16.8. The molecular weight excluding hydrogens is 284 g/mol. The van der Waals surface area contributed by atoms with Crippen molar-refractivity contribution in [2.75, 3.05) is 12.4 Å². The molecule has 0 aliphatic rings. The Balaban J connectivity index is 2.61. The molecule has 1 aromatic carbocycles. The molecule has 1 amide bonds. The van der Waals surface area contributed by atoms with E-state index in [4.69, 9.17) is 9.84 Å². The monoisotopic (exact) mass is 308 g/mol. The summed E-state index contributed by atoms with van der Waals surface area (Å²) >= 11 is 0. The first-order chi connectivity index (χ1) is 10.2. The van der Waals surface area contributed by atoms with Gasteiger partial charge in [-0.15, -0.1) is 0 Å². The molecule has 0 saturated heterocycles. The van der Waals surface area contributed by atoms with Crippen LogP contribution in [-0.4, -0.2) is 35.7 Å². The molecule has 1 unspecified atom stereocenters. The summed E-state index contributed by atoms with van der Waals surface area (Å²) in [5.74, 6) is -0.747. The zero-order valence-electron chi connectivity index (χ0n) is 13.5. The Labute approximate surface area is 130 Å². The Morgan fingerprint density at radius 3 is 2.27 bits per heavy atom. The quantitative estimate of drug-likeness (QED) is 0.692. The molecular formula is C16H24N2O4. The molecule has 0 spiro atoms. The van der Waals surface area contributed by atoms with E-state index < -0.39 is 17.6 Å². The van der Waals surface area contributed by atoms with Gasteiger partial charge in [-0.25, -0.2) is 0 Å². The molecule has 0 bridgehead atoms. The molecule has 0 aromatic heterocycles. The third kappa shape index (κ3) is 6.24. The van der Waals surface area contributed by atoms with Crippen molar-refractivity contribution < 1.29 is 19.4 Å². The van der Waals surface area contributed by atoms with Crippen LogP contribution in [0.25, 0.3) is 0 Å². The fourth-order valence-corrected chi connectivity index (χ4v) is 1.80. The highest BCUT2D eigenvalue weighted by Crippen LogP contribution is 2.12. The Hall–Kier alpha value is -1.92. The highest BCUT2D eigenvalue weighted by Gasteiger charge is 2.24. The average Bonchev–Trinajstić information content (AvgIpc) is 2.43. The van der Waals surface area contributed by atoms with Gasteiger partial charge in [-0.1, -0.05) is 12.1 Å². The maximum Gasteiger partial charge on any atom is 0.308 e. The van der Waals surface area contributed by atoms with Gasteiger partial charge in [-0.05, 0) is 45.5 Å². The second-order valence-electron chi connectivity index (χ2n) is 5.98. The summed E-state index contributed by atoms with van der Waals surface area (Å²) in [4.78, 5) is 24.0. The second-order valence-corrected chi connectivity index (χ2v) is 5.98. The van der Waals surface area contributed by atoms with Crippen LogP contribution < -0.4 is 10.6 Å². The maximum atomic E-state index is 12.2. The molecule has 22 heavy (non-hydrogen) atoms. The SMILES string of the molecule is CNC(CC(=O)OC(C)(C)C)C(=O)Nc1ccc(CO)cc1. The lowest BCUT2D eigenvalue weighted by atomic mass is 10.1. The summed E-state index contributed by atoms with van der Waals surface area (Å²) in [6, 6.07) is 6.16. The van der Waals surface area contributed by atoms with Crippen molar-refractivity contribution >= 4 is 17.6 Å². The fourth-order valence-electron chi connectivity index (χ4n) is 1.80. The summed E-state index contributed by atoms with van der Waals surface area (Å²) in [6.07, 6.45) is -0.0473. The van der Waals surface area contributed by atoms with Crippen LogP contribution in [-0.2, 0) is 20.9 Å². The van der Waals surface area contributed by atoms with Gasteiger partial charge in [-0.2, -0.15) is 0 Å². The molecule has 0 saturated carbocycles. The smallest absolute Gasteiger partial charge is 0.308 e. The van der Waals surface area contributed by atoms with Crippen LogP contribution in [0.4, 0.5) is 5.69 Å². The van der Waals surface area contributed by atoms with E-state index in [9.17, 15) is 9.59 Å². The number of hydrogen-bond donors (Lipinski definition) is 3. The normalized spacial score (nSPS) is 12.6. The Kier molecular flexibility index (Phi) is 6.52. The summed E-state index contributed by atoms with van der Waals surface area (Å²) in [6.45, 7) is 5.29. The minimum Gasteiger partial charge on any atom is -0.460 e. The van der Waals surface area contributed by atoms with E-state index in [1.807, 2.05) is 0 Å². The number of benzene rings is 1. The van der Waals surface area contributed by atoms with Crippen molar-refractivity contribution in [3.63, 3.8) is 0 Å². The van der Waals surface area contributed by atoms with E-state index in [0.717, 1.165) is 5.56 Å². The molecule has 3 N–H and O–H groups in total. The standard InChI is InChI=1S/C16H24N2O4/c1-16(2,3)22-14(20)9-13(17-4)15(21)18-12-7-5-11(10-19)6-8-12/h5-8,13,17,19H,9-10H2,1-4H3,(H,18,21). The van der Waals surface area contributed by atoms with E-state index in [-0.39, 0.29) is 18.9 Å². The van der Waals surface area contributed by atoms with Crippen LogP contribution >= 0.6 is 0 Å². The molecule has 1 atom stereocenters. The van der Waals surface area contributed by atoms with Gasteiger partial charge in [0.15, 0.2) is 0 Å². The molecule has 0 fully saturated rings. The van der Waals surface area contributed by atoms with Crippen LogP contribution in [0.2, 0.25) is 0 Å². The van der Waals surface area contributed by atoms with E-state index in [1.165, 1.54) is 0 Å². The van der Waals surface area contributed by atoms with Crippen molar-refractivity contribution in [2.45, 2.75) is 45.4 Å². The number of aliphatic hydroxyl groups excluding tert-OH is 1. The molecule has 0 heterocycles. The van der Waals surface area contributed by atoms with Crippen LogP contribution in [0.3, 0.4) is 0 Å². The highest BCUT2D eigenvalue weighted by molar-refractivity contribution is 5.97. The van der Waals surface area contributed by atoms with Gasteiger partial charge in [0.1, 0.15) is 5.60 Å². The van der Waals surface area contributed by atoms with E-state index in [2.05, 4.69) is 10.6 Å². The van der Waals surface area contributed by atoms with Crippen LogP contribution in [0.5, 0.6) is 0 Å². The third-order valence-electron chi connectivity index (χ3n) is 2.86. The zero-order valence-corrected chi connectivity index (χ0v) is 13.5. The number of likely N-dealkylation sites (N-methyl/N-ethyl adjacent to an activating group) is 1. The lowest BCUT2D eigenvalue weighted by molar-refractivity contribution is -0.156. The van der Waals surface area contributed by atoms with Gasteiger partial charge in [0.25, 0.3) is 0 Å². The Morgan fingerprint density at radius 2 is 1.82 bits per heavy atom. The fraction of sp³-hybridized carbons (Fsp3) is 0.500. The first kappa shape index (κ1) is 18.1. The highest BCUT2D eigenvalue weighted by atomic mass is 16.6. The molecule has 6 nitrogen and oxygen atoms in total. The molecule has 0 aliphatic carbocycles. The summed E-state index contributed by atoms with van der Waals surface area (Å²) in [7, 11) is 1.61. The van der Waals surface area contributed by atoms with Gasteiger partial charge in [0, 0.05) is 5.69 Å². The first-order valence-corrected chi connectivity index (χ1v) is 7.15. The average molecular weight is 308 g/mol. The predicted molar refractivity (Wildman–Crippen MR) is 84.3 cm³/mol. The molecule has 0 aliphatic heterocycles. The number of hydrogen-bond acceptors (Lipinski definition) is 5. The number of rotatable bonds is 6. The van der Waals surface area contributed by atoms with Crippen molar-refractivity contribution in [3.8, 4) is 0 Å². The topological polar surface area (TPSA) is 87.7 Å². The Morgan fingerprint density at radius 1 is 1.23 bits per heavy atom. The predicted octanol–water partition coefficient (Wildman–Crippen LogP) is 1.44. The molecule has 122 valence electrons. The molecule has 1 aromatic rings. The summed E-state index contributed by atoms with van der Waals surface area (Å²) in [5.41, 5.74) is 0.787. The minimum absolute atomic E-state index is 0.0473. The molecule has 0 radical (unpaired) electrons. The number of nitrogens with one attached hydrogen (secondary N) is 2. The number of esters is 1. The van der Waals surface area contributed by atoms with Gasteiger partial charge in [0.05, 0.1) is 19.1 Å². The number of amides is 1. The van der Waals surface area contributed by atoms with Crippen LogP contribution in [0.15, 0.2) is 24.3 Å². The summed E-state index contributed by atoms with van der Waals surface area (Å²) < 4.78 is 5.21. The van der Waals surface area contributed by atoms with E-state index in [0.29, 0.717) is 5.69 Å². The van der Waals surface area contributed by atoms with Crippen molar-refractivity contribution in [1.82, 2.24) is 5.32 Å². The number of anilines is 1. The van der Waals surface area contributed by atoms with Gasteiger partial charge in [0.2, 0.25) is 5.91 Å². The molecule has 1 rings (SSSR count). The third-order valence-corrected chi connectivity index (χ3v) is 2.86. The number of carbonyl (C=O) groups is 2. The first-order valence-electron chi connectivity index (χ1n) is 7.15. The molecule has 6 heteroatoms. The van der Waals surface area contributed by atoms with Crippen LogP contribution in [0.1, 0.15) is 32.8 Å². The number of ether oxygens (including phenoxy) is 1. The number of aliphatic hydroxyl groups is 1. The largest absolute Gasteiger partial charge is 0.460 e. The minimum atomic E-state index is -0.674. The van der Waals surface area contributed by atoms with Crippen molar-refractivity contribution in [2.24, 2.45) is 0 Å². The van der Waals surface area contributed by atoms with E-state index >= 15 is 0 Å².